The molecule has 2 heterocycles. The van der Waals surface area contributed by atoms with Gasteiger partial charge in [-0.3, -0.25) is 4.90 Å². The summed E-state index contributed by atoms with van der Waals surface area (Å²) >= 11 is 0. The Morgan fingerprint density at radius 3 is 2.52 bits per heavy atom. The molecule has 21 heavy (non-hydrogen) atoms. The molecule has 116 valence electrons. The Morgan fingerprint density at radius 1 is 1.29 bits per heavy atom. The fraction of sp³-hybridized carbons (Fsp3) is 0.600. The van der Waals surface area contributed by atoms with Gasteiger partial charge in [-0.2, -0.15) is 0 Å². The van der Waals surface area contributed by atoms with E-state index in [-0.39, 0.29) is 0 Å². The lowest BCUT2D eigenvalue weighted by atomic mass is 10.2. The average Bonchev–Trinajstić information content (AvgIpc) is 2.45. The summed E-state index contributed by atoms with van der Waals surface area (Å²) in [5.74, 6) is -0.119. The highest BCUT2D eigenvalue weighted by Gasteiger charge is 2.19. The highest BCUT2D eigenvalue weighted by atomic mass is 16.4. The number of carboxylic acid groups (broad SMARTS) is 1. The van der Waals surface area contributed by atoms with Gasteiger partial charge in [0.1, 0.15) is 5.82 Å². The number of carboxylic acids is 1. The van der Waals surface area contributed by atoms with Crippen LogP contribution in [0.4, 0.5) is 5.82 Å². The zero-order chi connectivity index (χ0) is 15.4. The molecule has 0 atom stereocenters. The van der Waals surface area contributed by atoms with Gasteiger partial charge in [-0.05, 0) is 33.2 Å². The van der Waals surface area contributed by atoms with Crippen molar-refractivity contribution in [2.45, 2.75) is 6.92 Å². The van der Waals surface area contributed by atoms with Crippen molar-refractivity contribution >= 4 is 11.8 Å². The number of hydrogen-bond acceptors (Lipinski definition) is 5. The highest BCUT2D eigenvalue weighted by Crippen LogP contribution is 2.17. The topological polar surface area (TPSA) is 59.9 Å². The summed E-state index contributed by atoms with van der Waals surface area (Å²) in [4.78, 5) is 22.4. The number of nitrogens with zero attached hydrogens (tertiary/aromatic N) is 4. The van der Waals surface area contributed by atoms with Crippen LogP contribution in [-0.2, 0) is 0 Å². The molecule has 2 rings (SSSR count). The van der Waals surface area contributed by atoms with E-state index in [1.807, 2.05) is 6.92 Å². The summed E-state index contributed by atoms with van der Waals surface area (Å²) in [6.07, 6.45) is 0. The summed E-state index contributed by atoms with van der Waals surface area (Å²) in [5, 5.41) is 9.14. The number of hydrogen-bond donors (Lipinski definition) is 1. The van der Waals surface area contributed by atoms with Gasteiger partial charge < -0.3 is 14.9 Å². The number of aromatic nitrogens is 1. The van der Waals surface area contributed by atoms with E-state index in [0.29, 0.717) is 5.56 Å². The molecule has 6 heteroatoms. The second-order valence-corrected chi connectivity index (χ2v) is 5.79. The summed E-state index contributed by atoms with van der Waals surface area (Å²) in [6, 6.07) is 3.28. The molecule has 1 aliphatic rings. The van der Waals surface area contributed by atoms with Crippen molar-refractivity contribution in [3.63, 3.8) is 0 Å². The van der Waals surface area contributed by atoms with Gasteiger partial charge in [0.15, 0.2) is 0 Å². The third-order valence-electron chi connectivity index (χ3n) is 3.75. The molecule has 0 radical (unpaired) electrons. The van der Waals surface area contributed by atoms with Crippen LogP contribution in [0.15, 0.2) is 12.1 Å². The third-order valence-corrected chi connectivity index (χ3v) is 3.75. The van der Waals surface area contributed by atoms with Crippen LogP contribution < -0.4 is 4.90 Å². The van der Waals surface area contributed by atoms with Crippen LogP contribution in [-0.4, -0.2) is 79.2 Å². The van der Waals surface area contributed by atoms with E-state index in [9.17, 15) is 4.79 Å². The molecular formula is C15H24N4O2. The Kier molecular flexibility index (Phi) is 5.14. The van der Waals surface area contributed by atoms with Gasteiger partial charge in [0.2, 0.25) is 0 Å². The number of aryl methyl sites for hydroxylation is 1. The fourth-order valence-corrected chi connectivity index (χ4v) is 2.48. The molecule has 1 aliphatic heterocycles. The van der Waals surface area contributed by atoms with Crippen molar-refractivity contribution in [2.75, 3.05) is 58.3 Å². The van der Waals surface area contributed by atoms with Crippen molar-refractivity contribution in [1.29, 1.82) is 0 Å². The predicted octanol–water partition coefficient (Wildman–Crippen LogP) is 0.772. The third kappa shape index (κ3) is 4.41. The number of rotatable bonds is 5. The quantitative estimate of drug-likeness (QED) is 0.865. The van der Waals surface area contributed by atoms with E-state index >= 15 is 0 Å². The van der Waals surface area contributed by atoms with Crippen LogP contribution in [0.25, 0.3) is 0 Å². The minimum absolute atomic E-state index is 0.313. The molecule has 1 aromatic heterocycles. The predicted molar refractivity (Wildman–Crippen MR) is 83.1 cm³/mol. The molecule has 0 aliphatic carbocycles. The van der Waals surface area contributed by atoms with Crippen LogP contribution in [0.3, 0.4) is 0 Å². The monoisotopic (exact) mass is 292 g/mol. The van der Waals surface area contributed by atoms with Gasteiger partial charge in [0.25, 0.3) is 0 Å². The lowest BCUT2D eigenvalue weighted by Gasteiger charge is -2.36. The summed E-state index contributed by atoms with van der Waals surface area (Å²) < 4.78 is 0. The molecule has 1 aromatic rings. The van der Waals surface area contributed by atoms with Crippen LogP contribution in [0.2, 0.25) is 0 Å². The number of anilines is 1. The zero-order valence-electron chi connectivity index (χ0n) is 13.0. The lowest BCUT2D eigenvalue weighted by Crippen LogP contribution is -2.48. The maximum Gasteiger partial charge on any atom is 0.335 e. The summed E-state index contributed by atoms with van der Waals surface area (Å²) in [5.41, 5.74) is 1.06. The van der Waals surface area contributed by atoms with Crippen LogP contribution >= 0.6 is 0 Å². The number of piperazine rings is 1. The Hall–Kier alpha value is -1.66. The molecule has 0 aromatic carbocycles. The van der Waals surface area contributed by atoms with Gasteiger partial charge in [-0.15, -0.1) is 0 Å². The number of carbonyl (C=O) groups is 1. The summed E-state index contributed by atoms with van der Waals surface area (Å²) in [6.45, 7) is 7.74. The van der Waals surface area contributed by atoms with E-state index in [0.717, 1.165) is 50.8 Å². The van der Waals surface area contributed by atoms with Crippen molar-refractivity contribution < 1.29 is 9.90 Å². The second-order valence-electron chi connectivity index (χ2n) is 5.79. The first kappa shape index (κ1) is 15.7. The molecular weight excluding hydrogens is 268 g/mol. The van der Waals surface area contributed by atoms with Gasteiger partial charge in [-0.1, -0.05) is 0 Å². The van der Waals surface area contributed by atoms with Gasteiger partial charge in [0.05, 0.1) is 5.56 Å². The van der Waals surface area contributed by atoms with E-state index < -0.39 is 5.97 Å². The average molecular weight is 292 g/mol. The second kappa shape index (κ2) is 6.87. The Morgan fingerprint density at radius 2 is 1.95 bits per heavy atom. The van der Waals surface area contributed by atoms with E-state index in [4.69, 9.17) is 5.11 Å². The van der Waals surface area contributed by atoms with Gasteiger partial charge >= 0.3 is 5.97 Å². The standard InChI is InChI=1S/C15H24N4O2/c1-12-10-13(15(20)21)11-14(16-12)19-8-6-18(7-9-19)5-4-17(2)3/h10-11H,4-9H2,1-3H3,(H,20,21). The molecule has 1 saturated heterocycles. The van der Waals surface area contributed by atoms with E-state index in [1.165, 1.54) is 0 Å². The van der Waals surface area contributed by atoms with Crippen molar-refractivity contribution in [3.05, 3.63) is 23.4 Å². The van der Waals surface area contributed by atoms with Gasteiger partial charge in [0, 0.05) is 45.0 Å². The van der Waals surface area contributed by atoms with Crippen molar-refractivity contribution in [2.24, 2.45) is 0 Å². The molecule has 1 fully saturated rings. The molecule has 0 bridgehead atoms. The minimum atomic E-state index is -0.897. The zero-order valence-corrected chi connectivity index (χ0v) is 13.0. The van der Waals surface area contributed by atoms with Crippen LogP contribution in [0.5, 0.6) is 0 Å². The number of pyridine rings is 1. The van der Waals surface area contributed by atoms with Crippen LogP contribution in [0, 0.1) is 6.92 Å². The molecule has 6 nitrogen and oxygen atoms in total. The SMILES string of the molecule is Cc1cc(C(=O)O)cc(N2CCN(CCN(C)C)CC2)n1. The first-order valence-corrected chi connectivity index (χ1v) is 7.30. The van der Waals surface area contributed by atoms with E-state index in [1.54, 1.807) is 12.1 Å². The maximum atomic E-state index is 11.1. The van der Waals surface area contributed by atoms with Crippen LogP contribution in [0.1, 0.15) is 16.1 Å². The van der Waals surface area contributed by atoms with Gasteiger partial charge in [-0.25, -0.2) is 9.78 Å². The molecule has 0 saturated carbocycles. The van der Waals surface area contributed by atoms with Crippen molar-refractivity contribution in [3.8, 4) is 0 Å². The maximum absolute atomic E-state index is 11.1. The minimum Gasteiger partial charge on any atom is -0.478 e. The first-order valence-electron chi connectivity index (χ1n) is 7.30. The normalized spacial score (nSPS) is 16.5. The number of likely N-dealkylation sites (N-methyl/N-ethyl adjacent to an activating group) is 1. The Balaban J connectivity index is 1.97. The largest absolute Gasteiger partial charge is 0.478 e. The molecule has 0 amide bonds. The molecule has 0 spiro atoms. The van der Waals surface area contributed by atoms with Crippen molar-refractivity contribution in [1.82, 2.24) is 14.8 Å². The van der Waals surface area contributed by atoms with E-state index in [2.05, 4.69) is 33.8 Å². The Bertz CT molecular complexity index is 496. The first-order chi connectivity index (χ1) is 9.95. The Labute approximate surface area is 126 Å². The lowest BCUT2D eigenvalue weighted by molar-refractivity contribution is 0.0696. The summed E-state index contributed by atoms with van der Waals surface area (Å²) in [7, 11) is 4.17. The fourth-order valence-electron chi connectivity index (χ4n) is 2.48. The highest BCUT2D eigenvalue weighted by molar-refractivity contribution is 5.88. The molecule has 1 N–H and O–H groups in total. The smallest absolute Gasteiger partial charge is 0.335 e. The molecule has 0 unspecified atom stereocenters. The number of aromatic carboxylic acids is 1.